The van der Waals surface area contributed by atoms with E-state index in [2.05, 4.69) is 14.7 Å². The lowest BCUT2D eigenvalue weighted by Gasteiger charge is -2.31. The van der Waals surface area contributed by atoms with E-state index in [9.17, 15) is 23.2 Å². The molecule has 1 aliphatic rings. The lowest BCUT2D eigenvalue weighted by atomic mass is 9.73. The van der Waals surface area contributed by atoms with Gasteiger partial charge in [0.15, 0.2) is 0 Å². The van der Waals surface area contributed by atoms with Gasteiger partial charge in [-0.2, -0.15) is 5.26 Å². The average Bonchev–Trinajstić information content (AvgIpc) is 3.34. The highest BCUT2D eigenvalue weighted by atomic mass is 19.4. The fourth-order valence-corrected chi connectivity index (χ4v) is 4.62. The summed E-state index contributed by atoms with van der Waals surface area (Å²) in [5.74, 6) is -1.60. The third-order valence-electron chi connectivity index (χ3n) is 6.55. The molecule has 1 fully saturated rings. The van der Waals surface area contributed by atoms with Crippen molar-refractivity contribution in [3.8, 4) is 11.8 Å². The molecule has 5 rings (SSSR count). The van der Waals surface area contributed by atoms with Crippen LogP contribution in [0.1, 0.15) is 47.2 Å². The number of aromatic nitrogens is 3. The summed E-state index contributed by atoms with van der Waals surface area (Å²) in [6.45, 7) is 0. The fourth-order valence-electron chi connectivity index (χ4n) is 4.62. The van der Waals surface area contributed by atoms with Gasteiger partial charge >= 0.3 is 12.3 Å². The normalized spacial score (nSPS) is 14.6. The Balaban J connectivity index is 1.74. The quantitative estimate of drug-likeness (QED) is 0.279. The zero-order valence-electron chi connectivity index (χ0n) is 20.4. The second-order valence-corrected chi connectivity index (χ2v) is 9.05. The van der Waals surface area contributed by atoms with Crippen molar-refractivity contribution >= 4 is 28.8 Å². The Morgan fingerprint density at radius 1 is 1.13 bits per heavy atom. The third kappa shape index (κ3) is 5.67. The molecule has 39 heavy (non-hydrogen) atoms. The van der Waals surface area contributed by atoms with Crippen LogP contribution in [-0.4, -0.2) is 31.8 Å². The van der Waals surface area contributed by atoms with E-state index < -0.39 is 18.1 Å². The number of pyridine rings is 2. The van der Waals surface area contributed by atoms with Gasteiger partial charge in [0.05, 0.1) is 17.5 Å². The Labute approximate surface area is 221 Å². The van der Waals surface area contributed by atoms with Crippen molar-refractivity contribution in [2.75, 3.05) is 0 Å². The van der Waals surface area contributed by atoms with Gasteiger partial charge in [0.1, 0.15) is 17.5 Å². The fraction of sp³-hybridized carbons (Fsp3) is 0.172. The molecule has 1 aromatic carbocycles. The molecule has 7 nitrogen and oxygen atoms in total. The summed E-state index contributed by atoms with van der Waals surface area (Å²) < 4.78 is 44.4. The van der Waals surface area contributed by atoms with Gasteiger partial charge in [-0.15, -0.1) is 13.2 Å². The number of carboxylic acid groups (broad SMARTS) is 1. The van der Waals surface area contributed by atoms with E-state index >= 15 is 0 Å². The molecule has 1 saturated carbocycles. The number of carboxylic acids is 1. The number of carbonyl (C=O) groups is 1. The Morgan fingerprint density at radius 2 is 1.87 bits per heavy atom. The van der Waals surface area contributed by atoms with Gasteiger partial charge in [-0.05, 0) is 64.8 Å². The number of allylic oxidation sites excluding steroid dienone is 1. The van der Waals surface area contributed by atoms with Crippen molar-refractivity contribution in [2.45, 2.75) is 25.6 Å². The number of nitrogens with zero attached hydrogens (tertiary/aromatic N) is 4. The molecule has 3 aromatic heterocycles. The maximum atomic E-state index is 12.8. The topological polar surface area (TPSA) is 101 Å². The summed E-state index contributed by atoms with van der Waals surface area (Å²) in [4.78, 5) is 19.6. The van der Waals surface area contributed by atoms with Crippen LogP contribution in [0.3, 0.4) is 0 Å². The average molecular weight is 531 g/mol. The van der Waals surface area contributed by atoms with Crippen molar-refractivity contribution in [2.24, 2.45) is 5.92 Å². The number of benzene rings is 1. The molecule has 0 saturated heterocycles. The third-order valence-corrected chi connectivity index (χ3v) is 6.55. The van der Waals surface area contributed by atoms with E-state index in [1.807, 2.05) is 47.1 Å². The minimum absolute atomic E-state index is 0.0269. The first kappa shape index (κ1) is 25.7. The predicted octanol–water partition coefficient (Wildman–Crippen LogP) is 6.36. The minimum atomic E-state index is -4.91. The molecular formula is C29H21F3N4O3. The molecule has 4 aromatic rings. The molecule has 0 aliphatic heterocycles. The standard InChI is InChI=1S/C29H21F3N4O3/c30-29(31,32)39-23-14-22(15-33)28(35-16-23)27(19-2-1-3-19)26(21-9-10-24-34-12-13-36(24)17-21)20-7-4-18(5-8-20)6-11-25(37)38/h4-14,16-17,19H,1-3H2,(H,37,38). The van der Waals surface area contributed by atoms with E-state index in [1.165, 1.54) is 6.08 Å². The Kier molecular flexibility index (Phi) is 6.90. The molecule has 0 unspecified atom stereocenters. The van der Waals surface area contributed by atoms with Crippen LogP contribution < -0.4 is 4.74 Å². The van der Waals surface area contributed by atoms with E-state index in [4.69, 9.17) is 5.11 Å². The van der Waals surface area contributed by atoms with E-state index in [-0.39, 0.29) is 11.5 Å². The summed E-state index contributed by atoms with van der Waals surface area (Å²) >= 11 is 0. The molecule has 196 valence electrons. The number of alkyl halides is 3. The van der Waals surface area contributed by atoms with Crippen molar-refractivity contribution in [3.05, 3.63) is 101 Å². The van der Waals surface area contributed by atoms with Crippen LogP contribution in [-0.2, 0) is 4.79 Å². The van der Waals surface area contributed by atoms with E-state index in [0.717, 1.165) is 65.5 Å². The zero-order valence-corrected chi connectivity index (χ0v) is 20.4. The second-order valence-electron chi connectivity index (χ2n) is 9.05. The molecule has 0 bridgehead atoms. The highest BCUT2D eigenvalue weighted by Gasteiger charge is 2.33. The van der Waals surface area contributed by atoms with Crippen LogP contribution in [0.5, 0.6) is 5.75 Å². The smallest absolute Gasteiger partial charge is 0.478 e. The van der Waals surface area contributed by atoms with Gasteiger partial charge in [0.25, 0.3) is 0 Å². The molecule has 3 heterocycles. The lowest BCUT2D eigenvalue weighted by Crippen LogP contribution is -2.19. The molecule has 0 amide bonds. The first-order valence-corrected chi connectivity index (χ1v) is 12.1. The first-order valence-electron chi connectivity index (χ1n) is 12.1. The van der Waals surface area contributed by atoms with E-state index in [0.29, 0.717) is 11.3 Å². The second kappa shape index (κ2) is 10.5. The SMILES string of the molecule is N#Cc1cc(OC(F)(F)F)cnc1C(=C(c1ccc(C=CC(=O)O)cc1)c1ccc2nccn2c1)C1CCC1. The lowest BCUT2D eigenvalue weighted by molar-refractivity contribution is -0.274. The number of hydrogen-bond donors (Lipinski definition) is 1. The summed E-state index contributed by atoms with van der Waals surface area (Å²) in [6, 6.07) is 14.1. The number of halogens is 3. The summed E-state index contributed by atoms with van der Waals surface area (Å²) in [7, 11) is 0. The summed E-state index contributed by atoms with van der Waals surface area (Å²) in [6.07, 6.45) is 6.62. The molecule has 1 aliphatic carbocycles. The summed E-state index contributed by atoms with van der Waals surface area (Å²) in [5, 5.41) is 18.9. The molecular weight excluding hydrogens is 509 g/mol. The van der Waals surface area contributed by atoms with Crippen molar-refractivity contribution in [3.63, 3.8) is 0 Å². The Morgan fingerprint density at radius 3 is 2.51 bits per heavy atom. The van der Waals surface area contributed by atoms with Crippen LogP contribution in [0.15, 0.2) is 73.3 Å². The van der Waals surface area contributed by atoms with Gasteiger partial charge in [-0.3, -0.25) is 4.98 Å². The number of fused-ring (bicyclic) bond motifs is 1. The van der Waals surface area contributed by atoms with Crippen LogP contribution in [0.25, 0.3) is 22.9 Å². The Hall–Kier alpha value is -4.91. The van der Waals surface area contributed by atoms with Crippen molar-refractivity contribution in [1.29, 1.82) is 5.26 Å². The minimum Gasteiger partial charge on any atom is -0.478 e. The monoisotopic (exact) mass is 530 g/mol. The van der Waals surface area contributed by atoms with Crippen LogP contribution in [0, 0.1) is 17.2 Å². The number of aliphatic carboxylic acids is 1. The van der Waals surface area contributed by atoms with Crippen LogP contribution >= 0.6 is 0 Å². The number of rotatable bonds is 7. The van der Waals surface area contributed by atoms with Crippen LogP contribution in [0.2, 0.25) is 0 Å². The molecule has 1 N–H and O–H groups in total. The Bertz CT molecular complexity index is 1640. The maximum absolute atomic E-state index is 12.8. The van der Waals surface area contributed by atoms with Gasteiger partial charge in [-0.25, -0.2) is 9.78 Å². The zero-order chi connectivity index (χ0) is 27.6. The highest BCUT2D eigenvalue weighted by molar-refractivity contribution is 6.00. The maximum Gasteiger partial charge on any atom is 0.573 e. The van der Waals surface area contributed by atoms with Gasteiger partial charge < -0.3 is 14.2 Å². The predicted molar refractivity (Wildman–Crippen MR) is 137 cm³/mol. The molecule has 10 heteroatoms. The van der Waals surface area contributed by atoms with Gasteiger partial charge in [0, 0.05) is 30.7 Å². The van der Waals surface area contributed by atoms with Crippen LogP contribution in [0.4, 0.5) is 13.2 Å². The first-order chi connectivity index (χ1) is 18.7. The van der Waals surface area contributed by atoms with Gasteiger partial charge in [0.2, 0.25) is 0 Å². The number of hydrogen-bond acceptors (Lipinski definition) is 5. The molecule has 0 spiro atoms. The number of nitriles is 1. The molecule has 0 radical (unpaired) electrons. The van der Waals surface area contributed by atoms with Crippen molar-refractivity contribution < 1.29 is 27.8 Å². The van der Waals surface area contributed by atoms with Crippen molar-refractivity contribution in [1.82, 2.24) is 14.4 Å². The largest absolute Gasteiger partial charge is 0.573 e. The van der Waals surface area contributed by atoms with Gasteiger partial charge in [-0.1, -0.05) is 30.7 Å². The van der Waals surface area contributed by atoms with E-state index in [1.54, 1.807) is 18.3 Å². The summed E-state index contributed by atoms with van der Waals surface area (Å²) in [5.41, 5.74) is 4.81. The highest BCUT2D eigenvalue weighted by Crippen LogP contribution is 2.45. The number of imidazole rings is 1. The molecule has 0 atom stereocenters. The number of ether oxygens (including phenoxy) is 1.